The number of nitrogens with zero attached hydrogens (tertiary/aromatic N) is 1. The molecular weight excluding hydrogens is 279 g/mol. The Morgan fingerprint density at radius 3 is 3.05 bits per heavy atom. The Kier molecular flexibility index (Phi) is 5.38. The molecule has 1 aromatic carbocycles. The first kappa shape index (κ1) is 15.3. The third kappa shape index (κ3) is 4.18. The molecule has 0 saturated carbocycles. The molecule has 1 saturated heterocycles. The molecule has 2 rings (SSSR count). The van der Waals surface area contributed by atoms with Crippen molar-refractivity contribution in [2.45, 2.75) is 19.8 Å². The van der Waals surface area contributed by atoms with Gasteiger partial charge in [-0.1, -0.05) is 18.5 Å². The van der Waals surface area contributed by atoms with Crippen LogP contribution in [0.3, 0.4) is 0 Å². The molecule has 3 nitrogen and oxygen atoms in total. The number of likely N-dealkylation sites (tertiary alicyclic amines) is 1. The smallest absolute Gasteiger partial charge is 0.252 e. The summed E-state index contributed by atoms with van der Waals surface area (Å²) in [6.07, 6.45) is 2.51. The summed E-state index contributed by atoms with van der Waals surface area (Å²) in [6, 6.07) is 3.81. The van der Waals surface area contributed by atoms with E-state index in [4.69, 9.17) is 11.6 Å². The molecule has 5 heteroatoms. The second-order valence-electron chi connectivity index (χ2n) is 5.43. The second kappa shape index (κ2) is 7.04. The van der Waals surface area contributed by atoms with E-state index >= 15 is 0 Å². The minimum atomic E-state index is -0.436. The zero-order valence-electron chi connectivity index (χ0n) is 11.7. The Labute approximate surface area is 124 Å². The largest absolute Gasteiger partial charge is 0.351 e. The van der Waals surface area contributed by atoms with Crippen molar-refractivity contribution in [2.24, 2.45) is 5.92 Å². The third-order valence-corrected chi connectivity index (χ3v) is 3.94. The van der Waals surface area contributed by atoms with E-state index in [1.165, 1.54) is 25.0 Å². The van der Waals surface area contributed by atoms with Gasteiger partial charge in [-0.3, -0.25) is 4.79 Å². The summed E-state index contributed by atoms with van der Waals surface area (Å²) in [6.45, 7) is 5.86. The highest BCUT2D eigenvalue weighted by molar-refractivity contribution is 6.33. The van der Waals surface area contributed by atoms with Gasteiger partial charge in [-0.15, -0.1) is 0 Å². The number of carbonyl (C=O) groups excluding carboxylic acids is 1. The number of amides is 1. The van der Waals surface area contributed by atoms with Gasteiger partial charge in [-0.05, 0) is 43.5 Å². The summed E-state index contributed by atoms with van der Waals surface area (Å²) < 4.78 is 12.9. The highest BCUT2D eigenvalue weighted by Crippen LogP contribution is 2.17. The Morgan fingerprint density at radius 1 is 1.55 bits per heavy atom. The standard InChI is InChI=1S/C15H20ClFN2O/c1-11-3-2-7-19(10-11)8-6-18-15(20)13-5-4-12(17)9-14(13)16/h4-5,9,11H,2-3,6-8,10H2,1H3,(H,18,20)/t11-/m1/s1. The molecule has 0 unspecified atom stereocenters. The maximum Gasteiger partial charge on any atom is 0.252 e. The monoisotopic (exact) mass is 298 g/mol. The van der Waals surface area contributed by atoms with Gasteiger partial charge in [0.15, 0.2) is 0 Å². The van der Waals surface area contributed by atoms with Crippen LogP contribution in [0.15, 0.2) is 18.2 Å². The molecule has 0 spiro atoms. The van der Waals surface area contributed by atoms with E-state index in [2.05, 4.69) is 17.1 Å². The Hall–Kier alpha value is -1.13. The summed E-state index contributed by atoms with van der Waals surface area (Å²) in [5.41, 5.74) is 0.320. The van der Waals surface area contributed by atoms with Crippen LogP contribution in [0.5, 0.6) is 0 Å². The number of hydrogen-bond acceptors (Lipinski definition) is 2. The fourth-order valence-corrected chi connectivity index (χ4v) is 2.84. The average molecular weight is 299 g/mol. The normalized spacial score (nSPS) is 19.9. The first-order valence-corrected chi connectivity index (χ1v) is 7.39. The van der Waals surface area contributed by atoms with E-state index in [0.29, 0.717) is 12.1 Å². The van der Waals surface area contributed by atoms with E-state index in [-0.39, 0.29) is 10.9 Å². The van der Waals surface area contributed by atoms with E-state index in [1.54, 1.807) is 0 Å². The summed E-state index contributed by atoms with van der Waals surface area (Å²) in [5.74, 6) is 0.0416. The number of carbonyl (C=O) groups is 1. The predicted octanol–water partition coefficient (Wildman–Crippen LogP) is 2.94. The van der Waals surface area contributed by atoms with Crippen molar-refractivity contribution in [3.8, 4) is 0 Å². The molecule has 1 aromatic rings. The van der Waals surface area contributed by atoms with Gasteiger partial charge in [-0.25, -0.2) is 4.39 Å². The van der Waals surface area contributed by atoms with Gasteiger partial charge >= 0.3 is 0 Å². The van der Waals surface area contributed by atoms with Gasteiger partial charge in [0, 0.05) is 19.6 Å². The summed E-state index contributed by atoms with van der Waals surface area (Å²) in [7, 11) is 0. The summed E-state index contributed by atoms with van der Waals surface area (Å²) >= 11 is 5.86. The van der Waals surface area contributed by atoms with E-state index in [0.717, 1.165) is 31.6 Å². The summed E-state index contributed by atoms with van der Waals surface area (Å²) in [4.78, 5) is 14.3. The zero-order valence-corrected chi connectivity index (χ0v) is 12.4. The van der Waals surface area contributed by atoms with Gasteiger partial charge in [0.25, 0.3) is 5.91 Å². The van der Waals surface area contributed by atoms with Crippen LogP contribution >= 0.6 is 11.6 Å². The molecule has 0 aromatic heterocycles. The van der Waals surface area contributed by atoms with E-state index in [9.17, 15) is 9.18 Å². The van der Waals surface area contributed by atoms with Gasteiger partial charge in [0.2, 0.25) is 0 Å². The van der Waals surface area contributed by atoms with Gasteiger partial charge in [0.1, 0.15) is 5.82 Å². The minimum absolute atomic E-state index is 0.147. The van der Waals surface area contributed by atoms with Crippen LogP contribution < -0.4 is 5.32 Å². The van der Waals surface area contributed by atoms with Crippen LogP contribution in [0.1, 0.15) is 30.1 Å². The Morgan fingerprint density at radius 2 is 2.35 bits per heavy atom. The minimum Gasteiger partial charge on any atom is -0.351 e. The maximum atomic E-state index is 12.9. The molecule has 1 atom stereocenters. The molecule has 1 heterocycles. The van der Waals surface area contributed by atoms with Crippen LogP contribution in [0, 0.1) is 11.7 Å². The van der Waals surface area contributed by atoms with Crippen LogP contribution in [-0.4, -0.2) is 37.0 Å². The Bertz CT molecular complexity index is 481. The predicted molar refractivity (Wildman–Crippen MR) is 78.6 cm³/mol. The van der Waals surface area contributed by atoms with Crippen molar-refractivity contribution in [2.75, 3.05) is 26.2 Å². The first-order chi connectivity index (χ1) is 9.56. The highest BCUT2D eigenvalue weighted by Gasteiger charge is 2.16. The van der Waals surface area contributed by atoms with Crippen molar-refractivity contribution in [1.29, 1.82) is 0 Å². The van der Waals surface area contributed by atoms with Crippen LogP contribution in [0.4, 0.5) is 4.39 Å². The Balaban J connectivity index is 1.80. The van der Waals surface area contributed by atoms with Crippen molar-refractivity contribution < 1.29 is 9.18 Å². The maximum absolute atomic E-state index is 12.9. The molecule has 0 aliphatic carbocycles. The second-order valence-corrected chi connectivity index (χ2v) is 5.84. The highest BCUT2D eigenvalue weighted by atomic mass is 35.5. The summed E-state index contributed by atoms with van der Waals surface area (Å²) in [5, 5.41) is 2.98. The molecule has 0 radical (unpaired) electrons. The lowest BCUT2D eigenvalue weighted by Gasteiger charge is -2.30. The number of benzene rings is 1. The number of nitrogens with one attached hydrogen (secondary N) is 1. The molecule has 0 bridgehead atoms. The van der Waals surface area contributed by atoms with Crippen LogP contribution in [0.2, 0.25) is 5.02 Å². The lowest BCUT2D eigenvalue weighted by molar-refractivity contribution is 0.0944. The fraction of sp³-hybridized carbons (Fsp3) is 0.533. The first-order valence-electron chi connectivity index (χ1n) is 7.02. The number of halogens is 2. The molecule has 1 N–H and O–H groups in total. The molecule has 1 amide bonds. The average Bonchev–Trinajstić information content (AvgIpc) is 2.38. The van der Waals surface area contributed by atoms with Crippen molar-refractivity contribution in [3.63, 3.8) is 0 Å². The fourth-order valence-electron chi connectivity index (χ4n) is 2.59. The molecule has 110 valence electrons. The van der Waals surface area contributed by atoms with Crippen molar-refractivity contribution >= 4 is 17.5 Å². The number of rotatable bonds is 4. The van der Waals surface area contributed by atoms with Gasteiger partial charge in [0.05, 0.1) is 10.6 Å². The van der Waals surface area contributed by atoms with Gasteiger partial charge < -0.3 is 10.2 Å². The third-order valence-electron chi connectivity index (χ3n) is 3.63. The molecule has 1 aliphatic heterocycles. The van der Waals surface area contributed by atoms with Crippen molar-refractivity contribution in [3.05, 3.63) is 34.6 Å². The topological polar surface area (TPSA) is 32.3 Å². The number of piperidine rings is 1. The van der Waals surface area contributed by atoms with E-state index in [1.807, 2.05) is 0 Å². The SMILES string of the molecule is C[C@@H]1CCCN(CCNC(=O)c2ccc(F)cc2Cl)C1. The van der Waals surface area contributed by atoms with Crippen LogP contribution in [0.25, 0.3) is 0 Å². The quantitative estimate of drug-likeness (QED) is 0.927. The van der Waals surface area contributed by atoms with Gasteiger partial charge in [-0.2, -0.15) is 0 Å². The lowest BCUT2D eigenvalue weighted by Crippen LogP contribution is -2.40. The molecular formula is C15H20ClFN2O. The van der Waals surface area contributed by atoms with Crippen molar-refractivity contribution in [1.82, 2.24) is 10.2 Å². The molecule has 20 heavy (non-hydrogen) atoms. The molecule has 1 fully saturated rings. The van der Waals surface area contributed by atoms with Crippen LogP contribution in [-0.2, 0) is 0 Å². The number of hydrogen-bond donors (Lipinski definition) is 1. The molecule has 1 aliphatic rings. The zero-order chi connectivity index (χ0) is 14.5. The lowest BCUT2D eigenvalue weighted by atomic mass is 10.0. The van der Waals surface area contributed by atoms with E-state index < -0.39 is 5.82 Å².